The molecule has 5 nitrogen and oxygen atoms in total. The first-order chi connectivity index (χ1) is 12.4. The lowest BCUT2D eigenvalue weighted by Crippen LogP contribution is -2.32. The lowest BCUT2D eigenvalue weighted by atomic mass is 9.98. The van der Waals surface area contributed by atoms with Crippen molar-refractivity contribution in [3.05, 3.63) is 23.8 Å². The van der Waals surface area contributed by atoms with Crippen molar-refractivity contribution in [1.29, 1.82) is 0 Å². The summed E-state index contributed by atoms with van der Waals surface area (Å²) in [5.74, 6) is 0.0537. The van der Waals surface area contributed by atoms with E-state index in [-0.39, 0.29) is 17.7 Å². The molecule has 1 aromatic carbocycles. The Morgan fingerprint density at radius 3 is 2.23 bits per heavy atom. The summed E-state index contributed by atoms with van der Waals surface area (Å²) in [5.41, 5.74) is 2.17. The first-order valence-corrected chi connectivity index (χ1v) is 9.80. The third-order valence-corrected chi connectivity index (χ3v) is 4.80. The molecule has 0 heterocycles. The summed E-state index contributed by atoms with van der Waals surface area (Å²) in [4.78, 5) is 29.2. The SMILES string of the molecule is CCCC[C@H](CC)C(=O)Nc1ccc(N(C)C)c(C(=O)N(CC)CC)c1. The first-order valence-electron chi connectivity index (χ1n) is 9.80. The van der Waals surface area contributed by atoms with Gasteiger partial charge in [0, 0.05) is 44.5 Å². The summed E-state index contributed by atoms with van der Waals surface area (Å²) in [6.45, 7) is 9.45. The van der Waals surface area contributed by atoms with Gasteiger partial charge >= 0.3 is 0 Å². The predicted molar refractivity (Wildman–Crippen MR) is 110 cm³/mol. The highest BCUT2D eigenvalue weighted by Gasteiger charge is 2.20. The normalized spacial score (nSPS) is 11.8. The molecule has 0 saturated heterocycles. The van der Waals surface area contributed by atoms with E-state index >= 15 is 0 Å². The Hall–Kier alpha value is -2.04. The van der Waals surface area contributed by atoms with Gasteiger partial charge in [0.2, 0.25) is 5.91 Å². The van der Waals surface area contributed by atoms with Gasteiger partial charge in [-0.3, -0.25) is 9.59 Å². The fourth-order valence-corrected chi connectivity index (χ4v) is 3.07. The second-order valence-corrected chi connectivity index (χ2v) is 6.84. The molecule has 26 heavy (non-hydrogen) atoms. The quantitative estimate of drug-likeness (QED) is 0.672. The van der Waals surface area contributed by atoms with E-state index in [0.29, 0.717) is 24.3 Å². The fraction of sp³-hybridized carbons (Fsp3) is 0.619. The Morgan fingerprint density at radius 2 is 1.73 bits per heavy atom. The van der Waals surface area contributed by atoms with Crippen molar-refractivity contribution in [2.24, 2.45) is 5.92 Å². The molecule has 0 aromatic heterocycles. The van der Waals surface area contributed by atoms with Crippen molar-refractivity contribution < 1.29 is 9.59 Å². The van der Waals surface area contributed by atoms with Gasteiger partial charge in [-0.25, -0.2) is 0 Å². The molecule has 0 bridgehead atoms. The number of nitrogens with zero attached hydrogens (tertiary/aromatic N) is 2. The molecule has 1 aromatic rings. The van der Waals surface area contributed by atoms with Gasteiger partial charge in [0.1, 0.15) is 0 Å². The molecule has 1 atom stereocenters. The van der Waals surface area contributed by atoms with Crippen LogP contribution in [0.1, 0.15) is 63.7 Å². The van der Waals surface area contributed by atoms with Crippen molar-refractivity contribution in [2.45, 2.75) is 53.4 Å². The lowest BCUT2D eigenvalue weighted by molar-refractivity contribution is -0.120. The minimum absolute atomic E-state index is 0.00664. The van der Waals surface area contributed by atoms with Gasteiger partial charge in [0.25, 0.3) is 5.91 Å². The molecule has 146 valence electrons. The van der Waals surface area contributed by atoms with E-state index in [0.717, 1.165) is 31.4 Å². The van der Waals surface area contributed by atoms with Crippen molar-refractivity contribution in [1.82, 2.24) is 4.90 Å². The average Bonchev–Trinajstić information content (AvgIpc) is 2.63. The molecule has 5 heteroatoms. The van der Waals surface area contributed by atoms with Crippen LogP contribution in [-0.2, 0) is 4.79 Å². The largest absolute Gasteiger partial charge is 0.377 e. The van der Waals surface area contributed by atoms with E-state index in [1.165, 1.54) is 0 Å². The second kappa shape index (κ2) is 10.8. The Labute approximate surface area is 158 Å². The van der Waals surface area contributed by atoms with Crippen LogP contribution < -0.4 is 10.2 Å². The van der Waals surface area contributed by atoms with Gasteiger partial charge < -0.3 is 15.1 Å². The maximum atomic E-state index is 12.9. The average molecular weight is 362 g/mol. The van der Waals surface area contributed by atoms with Crippen LogP contribution in [0, 0.1) is 5.92 Å². The van der Waals surface area contributed by atoms with Crippen LogP contribution >= 0.6 is 0 Å². The zero-order valence-corrected chi connectivity index (χ0v) is 17.3. The standard InChI is InChI=1S/C21H35N3O2/c1-7-11-12-16(8-2)20(25)22-17-13-14-19(23(5)6)18(15-17)21(26)24(9-3)10-4/h13-16H,7-12H2,1-6H3,(H,22,25)/t16-/m0/s1. The number of hydrogen-bond acceptors (Lipinski definition) is 3. The lowest BCUT2D eigenvalue weighted by Gasteiger charge is -2.24. The topological polar surface area (TPSA) is 52.7 Å². The van der Waals surface area contributed by atoms with Crippen LogP contribution in [0.5, 0.6) is 0 Å². The van der Waals surface area contributed by atoms with E-state index in [4.69, 9.17) is 0 Å². The molecule has 0 saturated carbocycles. The van der Waals surface area contributed by atoms with E-state index in [9.17, 15) is 9.59 Å². The predicted octanol–water partition coefficient (Wildman–Crippen LogP) is 4.39. The molecule has 0 aliphatic rings. The molecular formula is C21H35N3O2. The van der Waals surface area contributed by atoms with Crippen LogP contribution in [-0.4, -0.2) is 43.9 Å². The number of unbranched alkanes of at least 4 members (excludes halogenated alkanes) is 1. The van der Waals surface area contributed by atoms with E-state index in [2.05, 4.69) is 12.2 Å². The number of hydrogen-bond donors (Lipinski definition) is 1. The molecule has 0 aliphatic carbocycles. The Bertz CT molecular complexity index is 595. The van der Waals surface area contributed by atoms with Gasteiger partial charge in [0.05, 0.1) is 5.56 Å². The molecule has 0 aliphatic heterocycles. The molecule has 0 radical (unpaired) electrons. The zero-order valence-electron chi connectivity index (χ0n) is 17.3. The maximum Gasteiger partial charge on any atom is 0.256 e. The molecule has 1 rings (SSSR count). The molecule has 0 unspecified atom stereocenters. The Morgan fingerprint density at radius 1 is 1.08 bits per heavy atom. The summed E-state index contributed by atoms with van der Waals surface area (Å²) in [5, 5.41) is 3.01. The number of anilines is 2. The number of rotatable bonds is 10. The van der Waals surface area contributed by atoms with Gasteiger partial charge in [0.15, 0.2) is 0 Å². The van der Waals surface area contributed by atoms with Crippen LogP contribution in [0.3, 0.4) is 0 Å². The molecule has 2 amide bonds. The van der Waals surface area contributed by atoms with Gasteiger partial charge in [-0.15, -0.1) is 0 Å². The minimum Gasteiger partial charge on any atom is -0.377 e. The van der Waals surface area contributed by atoms with Crippen LogP contribution in [0.2, 0.25) is 0 Å². The van der Waals surface area contributed by atoms with Crippen LogP contribution in [0.4, 0.5) is 11.4 Å². The smallest absolute Gasteiger partial charge is 0.256 e. The van der Waals surface area contributed by atoms with Crippen molar-refractivity contribution in [3.63, 3.8) is 0 Å². The molecular weight excluding hydrogens is 326 g/mol. The van der Waals surface area contributed by atoms with Crippen molar-refractivity contribution >= 4 is 23.2 Å². The monoisotopic (exact) mass is 361 g/mol. The summed E-state index contributed by atoms with van der Waals surface area (Å²) < 4.78 is 0. The van der Waals surface area contributed by atoms with Crippen LogP contribution in [0.15, 0.2) is 18.2 Å². The van der Waals surface area contributed by atoms with E-state index in [1.807, 2.05) is 51.9 Å². The van der Waals surface area contributed by atoms with Crippen molar-refractivity contribution in [3.8, 4) is 0 Å². The molecule has 0 fully saturated rings. The van der Waals surface area contributed by atoms with Crippen LogP contribution in [0.25, 0.3) is 0 Å². The van der Waals surface area contributed by atoms with Gasteiger partial charge in [-0.05, 0) is 44.9 Å². The summed E-state index contributed by atoms with van der Waals surface area (Å²) in [6.07, 6.45) is 3.87. The highest BCUT2D eigenvalue weighted by atomic mass is 16.2. The molecule has 1 N–H and O–H groups in total. The first kappa shape index (κ1) is 22.0. The number of nitrogens with one attached hydrogen (secondary N) is 1. The van der Waals surface area contributed by atoms with E-state index in [1.54, 1.807) is 11.0 Å². The number of carbonyl (C=O) groups excluding carboxylic acids is 2. The molecule has 0 spiro atoms. The zero-order chi connectivity index (χ0) is 19.7. The Balaban J connectivity index is 3.09. The van der Waals surface area contributed by atoms with E-state index < -0.39 is 0 Å². The third kappa shape index (κ3) is 5.75. The second-order valence-electron chi connectivity index (χ2n) is 6.84. The van der Waals surface area contributed by atoms with Gasteiger partial charge in [-0.2, -0.15) is 0 Å². The maximum absolute atomic E-state index is 12.9. The van der Waals surface area contributed by atoms with Gasteiger partial charge in [-0.1, -0.05) is 26.7 Å². The highest BCUT2D eigenvalue weighted by Crippen LogP contribution is 2.25. The Kier molecular flexibility index (Phi) is 9.17. The highest BCUT2D eigenvalue weighted by molar-refractivity contribution is 6.02. The number of carbonyl (C=O) groups is 2. The number of amides is 2. The fourth-order valence-electron chi connectivity index (χ4n) is 3.07. The third-order valence-electron chi connectivity index (χ3n) is 4.80. The number of benzene rings is 1. The summed E-state index contributed by atoms with van der Waals surface area (Å²) in [6, 6.07) is 5.58. The summed E-state index contributed by atoms with van der Waals surface area (Å²) in [7, 11) is 3.84. The summed E-state index contributed by atoms with van der Waals surface area (Å²) >= 11 is 0. The minimum atomic E-state index is -0.00664. The van der Waals surface area contributed by atoms with Crippen molar-refractivity contribution in [2.75, 3.05) is 37.4 Å².